The first kappa shape index (κ1) is 32.9. The molecule has 45 heavy (non-hydrogen) atoms. The zero-order valence-corrected chi connectivity index (χ0v) is 26.0. The van der Waals surface area contributed by atoms with E-state index in [1.807, 2.05) is 61.5 Å². The number of hydrogen-bond donors (Lipinski definition) is 3. The lowest BCUT2D eigenvalue weighted by Gasteiger charge is -2.28. The highest BCUT2D eigenvalue weighted by atomic mass is 32.2. The second kappa shape index (κ2) is 15.6. The zero-order valence-electron chi connectivity index (χ0n) is 25.2. The van der Waals surface area contributed by atoms with Crippen LogP contribution in [0.4, 0.5) is 11.4 Å². The number of hydrogen-bond acceptors (Lipinski definition) is 7. The molecule has 4 aromatic carbocycles. The van der Waals surface area contributed by atoms with Crippen LogP contribution in [0.1, 0.15) is 29.5 Å². The molecule has 4 aromatic rings. The van der Waals surface area contributed by atoms with Crippen LogP contribution in [0.15, 0.2) is 97.1 Å². The van der Waals surface area contributed by atoms with Crippen molar-refractivity contribution in [2.75, 3.05) is 29.0 Å². The molecule has 4 rings (SSSR count). The minimum atomic E-state index is -3.43. The fourth-order valence-electron chi connectivity index (χ4n) is 4.62. The first-order chi connectivity index (χ1) is 21.6. The van der Waals surface area contributed by atoms with E-state index >= 15 is 0 Å². The summed E-state index contributed by atoms with van der Waals surface area (Å²) in [7, 11) is -3.43. The number of carbonyl (C=O) groups is 2. The molecule has 0 aliphatic heterocycles. The van der Waals surface area contributed by atoms with Crippen LogP contribution in [0.2, 0.25) is 0 Å². The molecule has 0 atom stereocenters. The van der Waals surface area contributed by atoms with Gasteiger partial charge in [-0.3, -0.25) is 14.3 Å². The number of rotatable bonds is 16. The Bertz CT molecular complexity index is 1690. The normalized spacial score (nSPS) is 11.0. The molecule has 1 amide bonds. The lowest BCUT2D eigenvalue weighted by molar-refractivity contribution is -0.137. The molecule has 0 heterocycles. The fourth-order valence-corrected chi connectivity index (χ4v) is 5.24. The molecule has 3 N–H and O–H groups in total. The minimum Gasteiger partial charge on any atom is -0.484 e. The molecule has 0 spiro atoms. The Balaban J connectivity index is 1.42. The number of anilines is 2. The molecule has 0 radical (unpaired) electrons. The molecule has 0 aromatic heterocycles. The van der Waals surface area contributed by atoms with Gasteiger partial charge >= 0.3 is 5.97 Å². The van der Waals surface area contributed by atoms with Crippen LogP contribution >= 0.6 is 0 Å². The summed E-state index contributed by atoms with van der Waals surface area (Å²) in [4.78, 5) is 24.8. The van der Waals surface area contributed by atoms with E-state index in [-0.39, 0.29) is 25.5 Å². The smallest absolute Gasteiger partial charge is 0.303 e. The monoisotopic (exact) mass is 631 g/mol. The predicted octanol–water partition coefficient (Wildman–Crippen LogP) is 5.73. The zero-order chi connectivity index (χ0) is 32.2. The molecule has 0 fully saturated rings. The van der Waals surface area contributed by atoms with E-state index in [9.17, 15) is 18.0 Å². The third-order valence-electron chi connectivity index (χ3n) is 6.76. The molecule has 10 nitrogen and oxygen atoms in total. The number of carboxylic acid groups (broad SMARTS) is 1. The topological polar surface area (TPSA) is 134 Å². The van der Waals surface area contributed by atoms with Crippen LogP contribution in [0.25, 0.3) is 0 Å². The van der Waals surface area contributed by atoms with E-state index < -0.39 is 16.0 Å². The third kappa shape index (κ3) is 10.9. The van der Waals surface area contributed by atoms with Crippen molar-refractivity contribution in [2.45, 2.75) is 32.9 Å². The predicted molar refractivity (Wildman–Crippen MR) is 174 cm³/mol. The van der Waals surface area contributed by atoms with Gasteiger partial charge in [-0.15, -0.1) is 0 Å². The number of benzene rings is 4. The van der Waals surface area contributed by atoms with Gasteiger partial charge < -0.3 is 24.8 Å². The van der Waals surface area contributed by atoms with Gasteiger partial charge in [-0.05, 0) is 66.4 Å². The fraction of sp³-hybridized carbons (Fsp3) is 0.235. The quantitative estimate of drug-likeness (QED) is 0.134. The Kier molecular flexibility index (Phi) is 11.4. The number of carbonyl (C=O) groups excluding carboxylic acids is 1. The van der Waals surface area contributed by atoms with Gasteiger partial charge in [-0.1, -0.05) is 54.6 Å². The van der Waals surface area contributed by atoms with Gasteiger partial charge in [0, 0.05) is 37.8 Å². The first-order valence-corrected chi connectivity index (χ1v) is 16.3. The Morgan fingerprint density at radius 1 is 0.822 bits per heavy atom. The van der Waals surface area contributed by atoms with Crippen molar-refractivity contribution in [1.29, 1.82) is 0 Å². The summed E-state index contributed by atoms with van der Waals surface area (Å²) in [6.07, 6.45) is 1.48. The summed E-state index contributed by atoms with van der Waals surface area (Å²) >= 11 is 0. The highest BCUT2D eigenvalue weighted by molar-refractivity contribution is 7.92. The van der Waals surface area contributed by atoms with Gasteiger partial charge in [-0.2, -0.15) is 0 Å². The van der Waals surface area contributed by atoms with Crippen molar-refractivity contribution >= 4 is 33.3 Å². The second-order valence-electron chi connectivity index (χ2n) is 10.5. The van der Waals surface area contributed by atoms with E-state index in [1.54, 1.807) is 30.3 Å². The SMILES string of the molecule is Cc1c(NS(C)(=O)=O)cccc1N(Cc1ccccc1)Cc1ccc(Oc2cccc(OCC(=O)NCCCC(=O)O)c2)cc1. The maximum Gasteiger partial charge on any atom is 0.303 e. The molecule has 0 bridgehead atoms. The van der Waals surface area contributed by atoms with Crippen molar-refractivity contribution in [1.82, 2.24) is 5.32 Å². The van der Waals surface area contributed by atoms with Crippen LogP contribution in [0.5, 0.6) is 17.2 Å². The lowest BCUT2D eigenvalue weighted by atomic mass is 10.1. The summed E-state index contributed by atoms with van der Waals surface area (Å²) in [5.41, 5.74) is 4.44. The van der Waals surface area contributed by atoms with Gasteiger partial charge in [0.2, 0.25) is 10.0 Å². The van der Waals surface area contributed by atoms with Crippen molar-refractivity contribution in [3.63, 3.8) is 0 Å². The maximum atomic E-state index is 12.0. The number of nitrogens with zero attached hydrogens (tertiary/aromatic N) is 1. The summed E-state index contributed by atoms with van der Waals surface area (Å²) < 4.78 is 38.1. The largest absolute Gasteiger partial charge is 0.484 e. The van der Waals surface area contributed by atoms with Crippen molar-refractivity contribution < 1.29 is 32.6 Å². The highest BCUT2D eigenvalue weighted by Crippen LogP contribution is 2.31. The Hall–Kier alpha value is -5.03. The highest BCUT2D eigenvalue weighted by Gasteiger charge is 2.15. The van der Waals surface area contributed by atoms with Crippen molar-refractivity contribution in [2.24, 2.45) is 0 Å². The summed E-state index contributed by atoms with van der Waals surface area (Å²) in [6.45, 7) is 3.17. The summed E-state index contributed by atoms with van der Waals surface area (Å²) in [6, 6.07) is 30.3. The molecule has 0 unspecified atom stereocenters. The Labute approximate surface area is 263 Å². The lowest BCUT2D eigenvalue weighted by Crippen LogP contribution is -2.29. The van der Waals surface area contributed by atoms with E-state index in [0.29, 0.717) is 42.4 Å². The van der Waals surface area contributed by atoms with Gasteiger partial charge in [0.1, 0.15) is 17.2 Å². The van der Waals surface area contributed by atoms with Crippen molar-refractivity contribution in [3.05, 3.63) is 114 Å². The number of carboxylic acids is 1. The minimum absolute atomic E-state index is 0.00794. The standard InChI is InChI=1S/C34H37N3O7S/c1-25-31(36-45(2,41)42)13-7-14-32(25)37(22-26-9-4-3-5-10-26)23-27-16-18-28(19-17-27)44-30-12-6-11-29(21-30)43-24-33(38)35-20-8-15-34(39)40/h3-7,9-14,16-19,21,36H,8,15,20,22-24H2,1-2H3,(H,35,38)(H,39,40). The number of nitrogens with one attached hydrogen (secondary N) is 2. The summed E-state index contributed by atoms with van der Waals surface area (Å²) in [5.74, 6) is 0.386. The van der Waals surface area contributed by atoms with Crippen LogP contribution < -0.4 is 24.4 Å². The molecule has 0 saturated carbocycles. The van der Waals surface area contributed by atoms with Gasteiger partial charge in [0.15, 0.2) is 6.61 Å². The van der Waals surface area contributed by atoms with E-state index in [2.05, 4.69) is 27.1 Å². The van der Waals surface area contributed by atoms with Crippen LogP contribution in [0, 0.1) is 6.92 Å². The Morgan fingerprint density at radius 3 is 2.18 bits per heavy atom. The van der Waals surface area contributed by atoms with Crippen LogP contribution in [-0.4, -0.2) is 44.8 Å². The molecular weight excluding hydrogens is 594 g/mol. The molecule has 0 aliphatic rings. The van der Waals surface area contributed by atoms with Gasteiger partial charge in [0.25, 0.3) is 5.91 Å². The average molecular weight is 632 g/mol. The third-order valence-corrected chi connectivity index (χ3v) is 7.35. The molecule has 236 valence electrons. The number of ether oxygens (including phenoxy) is 2. The van der Waals surface area contributed by atoms with Gasteiger partial charge in [-0.25, -0.2) is 8.42 Å². The molecule has 11 heteroatoms. The average Bonchev–Trinajstić information content (AvgIpc) is 3.00. The number of aliphatic carboxylic acids is 1. The Morgan fingerprint density at radius 2 is 1.49 bits per heavy atom. The van der Waals surface area contributed by atoms with Gasteiger partial charge in [0.05, 0.1) is 11.9 Å². The van der Waals surface area contributed by atoms with Crippen molar-refractivity contribution in [3.8, 4) is 17.2 Å². The maximum absolute atomic E-state index is 12.0. The second-order valence-corrected chi connectivity index (χ2v) is 12.3. The van der Waals surface area contributed by atoms with E-state index in [0.717, 1.165) is 28.6 Å². The van der Waals surface area contributed by atoms with E-state index in [1.165, 1.54) is 0 Å². The first-order valence-electron chi connectivity index (χ1n) is 14.4. The molecular formula is C34H37N3O7S. The summed E-state index contributed by atoms with van der Waals surface area (Å²) in [5, 5.41) is 11.3. The van der Waals surface area contributed by atoms with E-state index in [4.69, 9.17) is 14.6 Å². The molecule has 0 saturated heterocycles. The number of amides is 1. The van der Waals surface area contributed by atoms with Crippen LogP contribution in [0.3, 0.4) is 0 Å². The number of sulfonamides is 1. The molecule has 0 aliphatic carbocycles. The van der Waals surface area contributed by atoms with Crippen LogP contribution in [-0.2, 0) is 32.7 Å².